The molecule has 2 aromatic heterocycles. The molecule has 0 unspecified atom stereocenters. The van der Waals surface area contributed by atoms with Crippen LogP contribution in [-0.2, 0) is 27.2 Å². The highest BCUT2D eigenvalue weighted by Gasteiger charge is 2.28. The molecule has 0 fully saturated rings. The zero-order valence-electron chi connectivity index (χ0n) is 22.4. The number of aromatic nitrogens is 3. The average molecular weight is 566 g/mol. The maximum Gasteiger partial charge on any atom is 0.270 e. The minimum atomic E-state index is -0.804. The lowest BCUT2D eigenvalue weighted by Gasteiger charge is -2.25. The van der Waals surface area contributed by atoms with Crippen molar-refractivity contribution in [1.82, 2.24) is 36.4 Å². The minimum Gasteiger partial charge on any atom is -0.351 e. The molecule has 2 bridgehead atoms. The van der Waals surface area contributed by atoms with Gasteiger partial charge in [-0.25, -0.2) is 4.98 Å². The van der Waals surface area contributed by atoms with E-state index < -0.39 is 24.0 Å². The first-order chi connectivity index (χ1) is 19.4. The van der Waals surface area contributed by atoms with Crippen molar-refractivity contribution in [3.05, 3.63) is 69.9 Å². The highest BCUT2D eigenvalue weighted by Crippen LogP contribution is 2.23. The Morgan fingerprint density at radius 2 is 1.85 bits per heavy atom. The lowest BCUT2D eigenvalue weighted by molar-refractivity contribution is -0.132. The van der Waals surface area contributed by atoms with Crippen LogP contribution in [0.15, 0.2) is 48.1 Å². The number of aryl methyl sites for hydroxylation is 1. The number of thiazole rings is 1. The molecule has 1 aliphatic heterocycles. The molecule has 12 heteroatoms. The third-order valence-corrected chi connectivity index (χ3v) is 7.70. The molecule has 3 aromatic rings. The largest absolute Gasteiger partial charge is 0.351 e. The summed E-state index contributed by atoms with van der Waals surface area (Å²) in [6.07, 6.45) is 6.48. The van der Waals surface area contributed by atoms with Gasteiger partial charge in [0.25, 0.3) is 5.91 Å². The van der Waals surface area contributed by atoms with Crippen LogP contribution in [0.5, 0.6) is 0 Å². The molecule has 0 aliphatic carbocycles. The van der Waals surface area contributed by atoms with E-state index in [1.165, 1.54) is 11.3 Å². The third-order valence-electron chi connectivity index (χ3n) is 6.75. The van der Waals surface area contributed by atoms with E-state index in [9.17, 15) is 19.2 Å². The molecule has 3 heterocycles. The summed E-state index contributed by atoms with van der Waals surface area (Å²) in [7, 11) is 0. The van der Waals surface area contributed by atoms with Gasteiger partial charge >= 0.3 is 0 Å². The first-order valence-corrected chi connectivity index (χ1v) is 14.5. The molecule has 0 spiro atoms. The molecule has 4 rings (SSSR count). The van der Waals surface area contributed by atoms with Gasteiger partial charge in [-0.1, -0.05) is 37.3 Å². The van der Waals surface area contributed by atoms with Crippen LogP contribution in [0.4, 0.5) is 0 Å². The molecule has 212 valence electrons. The first-order valence-electron chi connectivity index (χ1n) is 13.6. The van der Waals surface area contributed by atoms with E-state index in [1.54, 1.807) is 17.8 Å². The van der Waals surface area contributed by atoms with Gasteiger partial charge in [0.1, 0.15) is 22.8 Å². The Labute approximate surface area is 236 Å². The Bertz CT molecular complexity index is 1280. The van der Waals surface area contributed by atoms with Crippen LogP contribution < -0.4 is 21.3 Å². The molecule has 11 nitrogen and oxygen atoms in total. The third kappa shape index (κ3) is 8.22. The Balaban J connectivity index is 1.51. The monoisotopic (exact) mass is 565 g/mol. The normalized spacial score (nSPS) is 20.7. The maximum atomic E-state index is 13.4. The van der Waals surface area contributed by atoms with Gasteiger partial charge in [-0.05, 0) is 49.7 Å². The van der Waals surface area contributed by atoms with Crippen molar-refractivity contribution in [2.45, 2.75) is 70.0 Å². The molecule has 1 aliphatic rings. The second kappa shape index (κ2) is 14.4. The van der Waals surface area contributed by atoms with Gasteiger partial charge in [0, 0.05) is 24.5 Å². The fraction of sp³-hybridized carbons (Fsp3) is 0.429. The van der Waals surface area contributed by atoms with Gasteiger partial charge < -0.3 is 21.3 Å². The van der Waals surface area contributed by atoms with Crippen LogP contribution in [0.25, 0.3) is 0 Å². The highest BCUT2D eigenvalue weighted by atomic mass is 32.1. The summed E-state index contributed by atoms with van der Waals surface area (Å²) < 4.78 is 0. The molecule has 5 N–H and O–H groups in total. The van der Waals surface area contributed by atoms with E-state index in [-0.39, 0.29) is 24.1 Å². The van der Waals surface area contributed by atoms with Crippen LogP contribution in [0.2, 0.25) is 0 Å². The van der Waals surface area contributed by atoms with Crippen LogP contribution in [-0.4, -0.2) is 57.4 Å². The summed E-state index contributed by atoms with van der Waals surface area (Å²) >= 11 is 1.32. The molecule has 40 heavy (non-hydrogen) atoms. The summed E-state index contributed by atoms with van der Waals surface area (Å²) in [4.78, 5) is 56.6. The maximum absolute atomic E-state index is 13.4. The molecule has 1 aromatic carbocycles. The van der Waals surface area contributed by atoms with Gasteiger partial charge in [-0.2, -0.15) is 5.10 Å². The summed E-state index contributed by atoms with van der Waals surface area (Å²) in [6, 6.07) is 7.60. The number of hydrogen-bond acceptors (Lipinski definition) is 7. The van der Waals surface area contributed by atoms with E-state index in [1.807, 2.05) is 37.3 Å². The molecule has 0 saturated carbocycles. The van der Waals surface area contributed by atoms with E-state index in [0.717, 1.165) is 11.1 Å². The van der Waals surface area contributed by atoms with Gasteiger partial charge in [0.15, 0.2) is 0 Å². The average Bonchev–Trinajstić information content (AvgIpc) is 3.66. The van der Waals surface area contributed by atoms with Crippen molar-refractivity contribution in [3.63, 3.8) is 0 Å². The number of carbonyl (C=O) groups is 4. The Kier molecular flexibility index (Phi) is 10.4. The van der Waals surface area contributed by atoms with E-state index in [4.69, 9.17) is 0 Å². The molecule has 4 amide bonds. The van der Waals surface area contributed by atoms with E-state index in [0.29, 0.717) is 55.8 Å². The topological polar surface area (TPSA) is 158 Å². The second-order valence-corrected chi connectivity index (χ2v) is 10.7. The highest BCUT2D eigenvalue weighted by molar-refractivity contribution is 7.09. The number of amides is 4. The Morgan fingerprint density at radius 3 is 2.60 bits per heavy atom. The van der Waals surface area contributed by atoms with Gasteiger partial charge in [0.2, 0.25) is 17.7 Å². The predicted molar refractivity (Wildman–Crippen MR) is 150 cm³/mol. The smallest absolute Gasteiger partial charge is 0.270 e. The Hall–Kier alpha value is -4.06. The predicted octanol–water partition coefficient (Wildman–Crippen LogP) is 2.19. The van der Waals surface area contributed by atoms with Gasteiger partial charge in [-0.15, -0.1) is 11.3 Å². The number of H-pyrrole nitrogens is 1. The summed E-state index contributed by atoms with van der Waals surface area (Å²) in [5.74, 6) is -1.31. The van der Waals surface area contributed by atoms with Crippen molar-refractivity contribution >= 4 is 35.0 Å². The zero-order valence-corrected chi connectivity index (χ0v) is 23.3. The lowest BCUT2D eigenvalue weighted by atomic mass is 10.0. The number of nitrogens with zero attached hydrogens (tertiary/aromatic N) is 2. The standard InChI is InChI=1S/C28H35N7O4S/c1-2-20-26(38)34-22(14-18-8-4-3-5-9-18)28-35-23(17-40-28)25(37)29-13-7-6-10-21(27(39)33-20)32-24(36)12-11-19-15-30-31-16-19/h3-5,8-9,15-17,20-22H,2,6-7,10-14H2,1H3,(H,29,37)(H,30,31)(H,32,36)(H,33,39)(H,34,38)/t20-,21+,22+/m1/s1. The summed E-state index contributed by atoms with van der Waals surface area (Å²) in [5.41, 5.74) is 2.20. The number of fused-ring (bicyclic) bond motifs is 2. The zero-order chi connectivity index (χ0) is 28.3. The Morgan fingerprint density at radius 1 is 1.05 bits per heavy atom. The number of hydrogen-bond donors (Lipinski definition) is 5. The van der Waals surface area contributed by atoms with Crippen molar-refractivity contribution < 1.29 is 19.2 Å². The number of nitrogens with one attached hydrogen (secondary N) is 5. The van der Waals surface area contributed by atoms with Crippen molar-refractivity contribution in [2.75, 3.05) is 6.54 Å². The van der Waals surface area contributed by atoms with Crippen molar-refractivity contribution in [3.8, 4) is 0 Å². The minimum absolute atomic E-state index is 0.202. The number of benzene rings is 1. The van der Waals surface area contributed by atoms with Crippen LogP contribution >= 0.6 is 11.3 Å². The lowest BCUT2D eigenvalue weighted by Crippen LogP contribution is -2.54. The van der Waals surface area contributed by atoms with E-state index in [2.05, 4.69) is 36.4 Å². The van der Waals surface area contributed by atoms with E-state index >= 15 is 0 Å². The second-order valence-electron chi connectivity index (χ2n) is 9.77. The van der Waals surface area contributed by atoms with Crippen molar-refractivity contribution in [1.29, 1.82) is 0 Å². The van der Waals surface area contributed by atoms with Gasteiger partial charge in [-0.3, -0.25) is 24.3 Å². The number of carbonyl (C=O) groups excluding carboxylic acids is 4. The molecule has 0 saturated heterocycles. The fourth-order valence-electron chi connectivity index (χ4n) is 4.47. The van der Waals surface area contributed by atoms with Crippen molar-refractivity contribution in [2.24, 2.45) is 0 Å². The van der Waals surface area contributed by atoms with Crippen LogP contribution in [0.3, 0.4) is 0 Å². The number of aromatic amines is 1. The summed E-state index contributed by atoms with van der Waals surface area (Å²) in [6.45, 7) is 2.23. The first kappa shape index (κ1) is 28.9. The molecular weight excluding hydrogens is 530 g/mol. The molecule has 0 radical (unpaired) electrons. The SMILES string of the molecule is CC[C@H]1NC(=O)[C@@H](NC(=O)CCc2cn[nH]c2)CCCCNC(=O)c2csc(n2)[C@H](Cc2ccccc2)NC1=O. The number of rotatable bonds is 7. The summed E-state index contributed by atoms with van der Waals surface area (Å²) in [5, 5.41) is 20.5. The van der Waals surface area contributed by atoms with Crippen LogP contribution in [0, 0.1) is 0 Å². The van der Waals surface area contributed by atoms with Crippen LogP contribution in [0.1, 0.15) is 71.7 Å². The van der Waals surface area contributed by atoms with Gasteiger partial charge in [0.05, 0.1) is 12.2 Å². The molecular formula is C28H35N7O4S. The molecule has 3 atom stereocenters. The fourth-order valence-corrected chi connectivity index (χ4v) is 5.32. The quantitative estimate of drug-likeness (QED) is 0.295.